The number of rotatable bonds is 6. The highest BCUT2D eigenvalue weighted by atomic mass is 35.5. The predicted molar refractivity (Wildman–Crippen MR) is 74.5 cm³/mol. The third-order valence-electron chi connectivity index (χ3n) is 3.43. The summed E-state index contributed by atoms with van der Waals surface area (Å²) in [5.74, 6) is -0.619. The number of halogens is 2. The highest BCUT2D eigenvalue weighted by molar-refractivity contribution is 7.89. The maximum atomic E-state index is 14.0. The minimum Gasteiger partial charge on any atom is -0.392 e. The van der Waals surface area contributed by atoms with Gasteiger partial charge in [0.2, 0.25) is 10.0 Å². The average molecular weight is 322 g/mol. The first-order valence-electron chi connectivity index (χ1n) is 6.50. The molecular weight excluding hydrogens is 305 g/mol. The first-order valence-corrected chi connectivity index (χ1v) is 8.36. The second kappa shape index (κ2) is 5.97. The van der Waals surface area contributed by atoms with Gasteiger partial charge in [-0.3, -0.25) is 0 Å². The Hall–Kier alpha value is -0.690. The van der Waals surface area contributed by atoms with Crippen LogP contribution in [0.1, 0.15) is 31.7 Å². The molecule has 4 nitrogen and oxygen atoms in total. The molecule has 0 spiro atoms. The van der Waals surface area contributed by atoms with E-state index < -0.39 is 27.3 Å². The van der Waals surface area contributed by atoms with E-state index in [-0.39, 0.29) is 16.6 Å². The van der Waals surface area contributed by atoms with Crippen molar-refractivity contribution < 1.29 is 17.9 Å². The standard InChI is InChI=1S/C13H17ClFNO3S/c1-2-3-8-5-11(8)16-20(18,19)12-6-10(14)4-9(7-17)13(12)15/h4,6,8,11,16-17H,2-3,5,7H2,1H3. The Labute approximate surface area is 123 Å². The Kier molecular flexibility index (Phi) is 4.69. The van der Waals surface area contributed by atoms with E-state index in [2.05, 4.69) is 4.72 Å². The number of nitrogens with one attached hydrogen (secondary N) is 1. The molecule has 1 aliphatic carbocycles. The molecule has 1 saturated carbocycles. The molecule has 0 aromatic heterocycles. The lowest BCUT2D eigenvalue weighted by Crippen LogP contribution is -2.28. The van der Waals surface area contributed by atoms with Gasteiger partial charge in [0.15, 0.2) is 0 Å². The van der Waals surface area contributed by atoms with Crippen LogP contribution in [-0.4, -0.2) is 19.6 Å². The fourth-order valence-corrected chi connectivity index (χ4v) is 4.04. The van der Waals surface area contributed by atoms with Crippen LogP contribution in [0, 0.1) is 11.7 Å². The van der Waals surface area contributed by atoms with Crippen molar-refractivity contribution in [1.29, 1.82) is 0 Å². The molecule has 112 valence electrons. The van der Waals surface area contributed by atoms with Gasteiger partial charge in [-0.2, -0.15) is 0 Å². The Morgan fingerprint density at radius 3 is 2.80 bits per heavy atom. The lowest BCUT2D eigenvalue weighted by atomic mass is 10.2. The lowest BCUT2D eigenvalue weighted by Gasteiger charge is -2.10. The lowest BCUT2D eigenvalue weighted by molar-refractivity contribution is 0.274. The first kappa shape index (κ1) is 15.7. The monoisotopic (exact) mass is 321 g/mol. The Morgan fingerprint density at radius 2 is 2.20 bits per heavy atom. The van der Waals surface area contributed by atoms with E-state index in [1.807, 2.05) is 6.92 Å². The molecule has 1 aromatic rings. The summed E-state index contributed by atoms with van der Waals surface area (Å²) in [6, 6.07) is 2.15. The second-order valence-electron chi connectivity index (χ2n) is 5.05. The van der Waals surface area contributed by atoms with Crippen molar-refractivity contribution in [3.63, 3.8) is 0 Å². The van der Waals surface area contributed by atoms with Gasteiger partial charge in [0, 0.05) is 16.6 Å². The third kappa shape index (κ3) is 3.31. The van der Waals surface area contributed by atoms with Crippen molar-refractivity contribution in [3.8, 4) is 0 Å². The molecule has 2 unspecified atom stereocenters. The van der Waals surface area contributed by atoms with Crippen LogP contribution in [0.25, 0.3) is 0 Å². The highest BCUT2D eigenvalue weighted by Gasteiger charge is 2.40. The zero-order chi connectivity index (χ0) is 14.9. The Bertz CT molecular complexity index is 606. The molecule has 1 aliphatic rings. The zero-order valence-corrected chi connectivity index (χ0v) is 12.6. The van der Waals surface area contributed by atoms with Crippen molar-refractivity contribution in [2.24, 2.45) is 5.92 Å². The molecule has 20 heavy (non-hydrogen) atoms. The van der Waals surface area contributed by atoms with E-state index >= 15 is 0 Å². The minimum absolute atomic E-state index is 0.0803. The molecule has 0 heterocycles. The van der Waals surface area contributed by atoms with Gasteiger partial charge in [0.25, 0.3) is 0 Å². The van der Waals surface area contributed by atoms with Crippen LogP contribution in [0.15, 0.2) is 17.0 Å². The summed E-state index contributed by atoms with van der Waals surface area (Å²) in [6.07, 6.45) is 2.72. The molecule has 1 aromatic carbocycles. The SMILES string of the molecule is CCCC1CC1NS(=O)(=O)c1cc(Cl)cc(CO)c1F. The minimum atomic E-state index is -3.95. The van der Waals surface area contributed by atoms with Crippen LogP contribution >= 0.6 is 11.6 Å². The number of hydrogen-bond acceptors (Lipinski definition) is 3. The first-order chi connectivity index (χ1) is 9.39. The van der Waals surface area contributed by atoms with Crippen molar-refractivity contribution in [2.75, 3.05) is 0 Å². The largest absolute Gasteiger partial charge is 0.392 e. The molecule has 0 saturated heterocycles. The van der Waals surface area contributed by atoms with E-state index in [0.29, 0.717) is 5.92 Å². The summed E-state index contributed by atoms with van der Waals surface area (Å²) in [7, 11) is -3.95. The molecule has 0 radical (unpaired) electrons. The Morgan fingerprint density at radius 1 is 1.50 bits per heavy atom. The van der Waals surface area contributed by atoms with Gasteiger partial charge in [-0.1, -0.05) is 24.9 Å². The summed E-state index contributed by atoms with van der Waals surface area (Å²) in [5.41, 5.74) is -0.126. The van der Waals surface area contributed by atoms with E-state index in [9.17, 15) is 12.8 Å². The summed E-state index contributed by atoms with van der Waals surface area (Å²) in [4.78, 5) is -0.504. The third-order valence-corrected chi connectivity index (χ3v) is 5.14. The van der Waals surface area contributed by atoms with Crippen LogP contribution in [0.5, 0.6) is 0 Å². The quantitative estimate of drug-likeness (QED) is 0.845. The zero-order valence-electron chi connectivity index (χ0n) is 11.1. The van der Waals surface area contributed by atoms with Gasteiger partial charge in [-0.25, -0.2) is 17.5 Å². The fraction of sp³-hybridized carbons (Fsp3) is 0.538. The molecule has 7 heteroatoms. The van der Waals surface area contributed by atoms with E-state index in [4.69, 9.17) is 16.7 Å². The van der Waals surface area contributed by atoms with Crippen LogP contribution in [0.3, 0.4) is 0 Å². The van der Waals surface area contributed by atoms with Gasteiger partial charge in [0.1, 0.15) is 10.7 Å². The van der Waals surface area contributed by atoms with Crippen molar-refractivity contribution in [3.05, 3.63) is 28.5 Å². The van der Waals surface area contributed by atoms with Crippen molar-refractivity contribution in [2.45, 2.75) is 43.7 Å². The van der Waals surface area contributed by atoms with Gasteiger partial charge in [0.05, 0.1) is 6.61 Å². The molecule has 2 N–H and O–H groups in total. The Balaban J connectivity index is 2.24. The van der Waals surface area contributed by atoms with Crippen LogP contribution in [-0.2, 0) is 16.6 Å². The van der Waals surface area contributed by atoms with Gasteiger partial charge in [-0.15, -0.1) is 0 Å². The van der Waals surface area contributed by atoms with E-state index in [1.54, 1.807) is 0 Å². The van der Waals surface area contributed by atoms with Gasteiger partial charge >= 0.3 is 0 Å². The maximum absolute atomic E-state index is 14.0. The van der Waals surface area contributed by atoms with E-state index in [1.165, 1.54) is 6.07 Å². The predicted octanol–water partition coefficient (Wildman–Crippen LogP) is 2.44. The topological polar surface area (TPSA) is 66.4 Å². The molecule has 1 fully saturated rings. The van der Waals surface area contributed by atoms with E-state index in [0.717, 1.165) is 25.3 Å². The molecule has 0 amide bonds. The smallest absolute Gasteiger partial charge is 0.243 e. The van der Waals surface area contributed by atoms with Crippen LogP contribution in [0.2, 0.25) is 5.02 Å². The highest BCUT2D eigenvalue weighted by Crippen LogP contribution is 2.36. The molecule has 0 bridgehead atoms. The van der Waals surface area contributed by atoms with Crippen molar-refractivity contribution in [1.82, 2.24) is 4.72 Å². The summed E-state index contributed by atoms with van der Waals surface area (Å²) in [6.45, 7) is 1.44. The molecule has 2 atom stereocenters. The molecular formula is C13H17ClFNO3S. The number of hydrogen-bond donors (Lipinski definition) is 2. The van der Waals surface area contributed by atoms with Crippen LogP contribution in [0.4, 0.5) is 4.39 Å². The number of benzene rings is 1. The average Bonchev–Trinajstić information content (AvgIpc) is 3.09. The van der Waals surface area contributed by atoms with Crippen LogP contribution < -0.4 is 4.72 Å². The fourth-order valence-electron chi connectivity index (χ4n) is 2.27. The number of sulfonamides is 1. The maximum Gasteiger partial charge on any atom is 0.243 e. The normalized spacial score (nSPS) is 22.0. The van der Waals surface area contributed by atoms with Crippen molar-refractivity contribution >= 4 is 21.6 Å². The van der Waals surface area contributed by atoms with Gasteiger partial charge in [-0.05, 0) is 30.9 Å². The molecule has 0 aliphatic heterocycles. The summed E-state index contributed by atoms with van der Waals surface area (Å²) in [5, 5.41) is 9.11. The number of aliphatic hydroxyl groups excluding tert-OH is 1. The summed E-state index contributed by atoms with van der Waals surface area (Å²) >= 11 is 5.77. The second-order valence-corrected chi connectivity index (χ2v) is 7.17. The summed E-state index contributed by atoms with van der Waals surface area (Å²) < 4.78 is 40.9. The van der Waals surface area contributed by atoms with Gasteiger partial charge < -0.3 is 5.11 Å². The number of aliphatic hydroxyl groups is 1. The molecule has 2 rings (SSSR count).